The zero-order chi connectivity index (χ0) is 17.6. The van der Waals surface area contributed by atoms with Crippen LogP contribution in [0.3, 0.4) is 0 Å². The number of ether oxygens (including phenoxy) is 1. The molecule has 0 atom stereocenters. The molecular weight excluding hydrogens is 386 g/mol. The van der Waals surface area contributed by atoms with Crippen LogP contribution >= 0.6 is 23.7 Å². The van der Waals surface area contributed by atoms with Crippen LogP contribution in [0, 0.1) is 0 Å². The number of thiophene rings is 1. The third-order valence-corrected chi connectivity index (χ3v) is 6.93. The van der Waals surface area contributed by atoms with Crippen molar-refractivity contribution < 1.29 is 9.53 Å². The quantitative estimate of drug-likeness (QED) is 0.807. The molecule has 3 aliphatic heterocycles. The van der Waals surface area contributed by atoms with Crippen molar-refractivity contribution in [2.24, 2.45) is 0 Å². The van der Waals surface area contributed by atoms with Gasteiger partial charge in [0.25, 0.3) is 5.91 Å². The van der Waals surface area contributed by atoms with Gasteiger partial charge in [0.1, 0.15) is 5.82 Å². The number of nitrogens with one attached hydrogen (secondary N) is 2. The molecular formula is C18H24ClN5O2S. The van der Waals surface area contributed by atoms with Gasteiger partial charge >= 0.3 is 0 Å². The number of halogens is 1. The summed E-state index contributed by atoms with van der Waals surface area (Å²) in [5, 5.41) is 14.8. The summed E-state index contributed by atoms with van der Waals surface area (Å²) in [7, 11) is 0. The highest BCUT2D eigenvalue weighted by molar-refractivity contribution is 7.14. The molecule has 0 aromatic carbocycles. The van der Waals surface area contributed by atoms with Gasteiger partial charge in [0.2, 0.25) is 0 Å². The van der Waals surface area contributed by atoms with Crippen LogP contribution in [0.4, 0.5) is 0 Å². The lowest BCUT2D eigenvalue weighted by Crippen LogP contribution is -2.44. The second-order valence-corrected chi connectivity index (χ2v) is 8.40. The number of piperidine rings is 1. The van der Waals surface area contributed by atoms with E-state index in [9.17, 15) is 4.79 Å². The number of carbonyl (C=O) groups excluding carboxylic acids is 1. The largest absolute Gasteiger partial charge is 0.370 e. The SMILES string of the molecule is Cl.O=C(NCc1nnc2n1CCC2)c1cc2c(s1)CCOC21CCNCC1. The molecule has 7 nitrogen and oxygen atoms in total. The predicted octanol–water partition coefficient (Wildman–Crippen LogP) is 1.79. The van der Waals surface area contributed by atoms with Crippen molar-refractivity contribution in [1.82, 2.24) is 25.4 Å². The first-order valence-corrected chi connectivity index (χ1v) is 10.2. The molecule has 0 aliphatic carbocycles. The van der Waals surface area contributed by atoms with Crippen LogP contribution in [0.15, 0.2) is 6.07 Å². The summed E-state index contributed by atoms with van der Waals surface area (Å²) in [5.41, 5.74) is 1.05. The van der Waals surface area contributed by atoms with E-state index in [2.05, 4.69) is 31.5 Å². The van der Waals surface area contributed by atoms with Crippen molar-refractivity contribution in [3.05, 3.63) is 33.0 Å². The summed E-state index contributed by atoms with van der Waals surface area (Å²) in [5.74, 6) is 1.86. The van der Waals surface area contributed by atoms with Crippen LogP contribution in [0.1, 0.15) is 51.0 Å². The number of nitrogens with zero attached hydrogens (tertiary/aromatic N) is 3. The number of rotatable bonds is 3. The lowest BCUT2D eigenvalue weighted by atomic mass is 9.83. The third kappa shape index (κ3) is 3.29. The average Bonchev–Trinajstić information content (AvgIpc) is 3.37. The molecule has 146 valence electrons. The molecule has 0 bridgehead atoms. The summed E-state index contributed by atoms with van der Waals surface area (Å²) in [6, 6.07) is 2.06. The van der Waals surface area contributed by atoms with E-state index >= 15 is 0 Å². The lowest BCUT2D eigenvalue weighted by molar-refractivity contribution is -0.0792. The highest BCUT2D eigenvalue weighted by atomic mass is 35.5. The van der Waals surface area contributed by atoms with Crippen molar-refractivity contribution in [2.75, 3.05) is 19.7 Å². The Balaban J connectivity index is 0.00000180. The van der Waals surface area contributed by atoms with E-state index in [-0.39, 0.29) is 23.9 Å². The van der Waals surface area contributed by atoms with Gasteiger partial charge in [0.15, 0.2) is 5.82 Å². The van der Waals surface area contributed by atoms with E-state index in [4.69, 9.17) is 4.74 Å². The summed E-state index contributed by atoms with van der Waals surface area (Å²) in [6.45, 7) is 4.07. The molecule has 0 unspecified atom stereocenters. The number of carbonyl (C=O) groups is 1. The molecule has 0 radical (unpaired) electrons. The van der Waals surface area contributed by atoms with Gasteiger partial charge in [-0.1, -0.05) is 0 Å². The van der Waals surface area contributed by atoms with E-state index in [1.807, 2.05) is 0 Å². The van der Waals surface area contributed by atoms with E-state index < -0.39 is 0 Å². The Morgan fingerprint density at radius 2 is 2.19 bits per heavy atom. The standard InChI is InChI=1S/C18H23N5O2S.ClH/c24-17(20-11-16-22-21-15-2-1-8-23(15)16)14-10-12-13(26-14)3-9-25-18(12)4-6-19-7-5-18;/h10,19H,1-9,11H2,(H,20,24);1H. The maximum absolute atomic E-state index is 12.7. The minimum atomic E-state index is -0.193. The third-order valence-electron chi connectivity index (χ3n) is 5.74. The Labute approximate surface area is 168 Å². The first kappa shape index (κ1) is 18.9. The molecule has 5 heterocycles. The number of amides is 1. The molecule has 1 fully saturated rings. The van der Waals surface area contributed by atoms with E-state index in [1.54, 1.807) is 11.3 Å². The average molecular weight is 410 g/mol. The predicted molar refractivity (Wildman–Crippen MR) is 105 cm³/mol. The smallest absolute Gasteiger partial charge is 0.261 e. The molecule has 27 heavy (non-hydrogen) atoms. The highest BCUT2D eigenvalue weighted by Crippen LogP contribution is 2.43. The number of aryl methyl sites for hydroxylation is 1. The van der Waals surface area contributed by atoms with Crippen molar-refractivity contribution >= 4 is 29.7 Å². The van der Waals surface area contributed by atoms with Crippen molar-refractivity contribution in [3.8, 4) is 0 Å². The normalized spacial score (nSPS) is 20.0. The fourth-order valence-corrected chi connectivity index (χ4v) is 5.51. The van der Waals surface area contributed by atoms with Crippen molar-refractivity contribution in [2.45, 2.75) is 50.8 Å². The van der Waals surface area contributed by atoms with Crippen LogP contribution < -0.4 is 10.6 Å². The maximum atomic E-state index is 12.7. The van der Waals surface area contributed by atoms with Crippen molar-refractivity contribution in [3.63, 3.8) is 0 Å². The summed E-state index contributed by atoms with van der Waals surface area (Å²) < 4.78 is 8.33. The number of fused-ring (bicyclic) bond motifs is 3. The Morgan fingerprint density at radius 3 is 3.04 bits per heavy atom. The Hall–Kier alpha value is -1.48. The van der Waals surface area contributed by atoms with Crippen LogP contribution in [0.25, 0.3) is 0 Å². The van der Waals surface area contributed by atoms with Crippen LogP contribution in [0.5, 0.6) is 0 Å². The van der Waals surface area contributed by atoms with Gasteiger partial charge in [-0.05, 0) is 44.0 Å². The maximum Gasteiger partial charge on any atom is 0.261 e. The first-order chi connectivity index (χ1) is 12.8. The molecule has 5 rings (SSSR count). The molecule has 1 amide bonds. The molecule has 2 N–H and O–H groups in total. The lowest BCUT2D eigenvalue weighted by Gasteiger charge is -2.40. The van der Waals surface area contributed by atoms with E-state index in [1.165, 1.54) is 10.4 Å². The van der Waals surface area contributed by atoms with E-state index in [0.29, 0.717) is 6.54 Å². The second kappa shape index (κ2) is 7.50. The van der Waals surface area contributed by atoms with E-state index in [0.717, 1.165) is 74.9 Å². The topological polar surface area (TPSA) is 81.1 Å². The molecule has 1 spiro atoms. The van der Waals surface area contributed by atoms with Gasteiger partial charge in [-0.2, -0.15) is 0 Å². The van der Waals surface area contributed by atoms with Crippen molar-refractivity contribution in [1.29, 1.82) is 0 Å². The molecule has 2 aromatic rings. The minimum absolute atomic E-state index is 0. The second-order valence-electron chi connectivity index (χ2n) is 7.26. The Morgan fingerprint density at radius 1 is 1.33 bits per heavy atom. The van der Waals surface area contributed by atoms with Gasteiger partial charge in [-0.25, -0.2) is 0 Å². The zero-order valence-corrected chi connectivity index (χ0v) is 16.8. The molecule has 9 heteroatoms. The first-order valence-electron chi connectivity index (χ1n) is 9.42. The fourth-order valence-electron chi connectivity index (χ4n) is 4.36. The van der Waals surface area contributed by atoms with Gasteiger partial charge in [-0.15, -0.1) is 33.9 Å². The summed E-state index contributed by atoms with van der Waals surface area (Å²) in [6.07, 6.45) is 4.95. The highest BCUT2D eigenvalue weighted by Gasteiger charge is 2.40. The van der Waals surface area contributed by atoms with Gasteiger partial charge in [0, 0.05) is 24.3 Å². The minimum Gasteiger partial charge on any atom is -0.370 e. The Kier molecular flexibility index (Phi) is 5.24. The molecule has 2 aromatic heterocycles. The van der Waals surface area contributed by atoms with Crippen LogP contribution in [-0.4, -0.2) is 40.4 Å². The van der Waals surface area contributed by atoms with Crippen LogP contribution in [-0.2, 0) is 36.3 Å². The molecule has 1 saturated heterocycles. The molecule has 3 aliphatic rings. The van der Waals surface area contributed by atoms with Crippen LogP contribution in [0.2, 0.25) is 0 Å². The summed E-state index contributed by atoms with van der Waals surface area (Å²) in [4.78, 5) is 14.8. The van der Waals surface area contributed by atoms with Gasteiger partial charge in [0.05, 0.1) is 23.6 Å². The monoisotopic (exact) mass is 409 g/mol. The summed E-state index contributed by atoms with van der Waals surface area (Å²) >= 11 is 1.62. The number of hydrogen-bond acceptors (Lipinski definition) is 6. The zero-order valence-electron chi connectivity index (χ0n) is 15.1. The number of hydrogen-bond donors (Lipinski definition) is 2. The Bertz CT molecular complexity index is 843. The molecule has 0 saturated carbocycles. The number of aromatic nitrogens is 3. The van der Waals surface area contributed by atoms with Gasteiger partial charge in [-0.3, -0.25) is 4.79 Å². The fraction of sp³-hybridized carbons (Fsp3) is 0.611. The van der Waals surface area contributed by atoms with Gasteiger partial charge < -0.3 is 19.9 Å².